The highest BCUT2D eigenvalue weighted by Crippen LogP contribution is 2.23. The molecule has 0 heterocycles. The highest BCUT2D eigenvalue weighted by molar-refractivity contribution is 5.82. The van der Waals surface area contributed by atoms with E-state index in [1.165, 1.54) is 0 Å². The fourth-order valence-corrected chi connectivity index (χ4v) is 1.62. The van der Waals surface area contributed by atoms with Gasteiger partial charge in [-0.2, -0.15) is 0 Å². The number of Topliss-reactive ketones (excluding diaryl/α,β-unsaturated/α-hetero) is 1. The van der Waals surface area contributed by atoms with Crippen molar-refractivity contribution in [1.82, 2.24) is 0 Å². The maximum absolute atomic E-state index is 11.6. The number of hydrogen-bond acceptors (Lipinski definition) is 3. The van der Waals surface area contributed by atoms with Crippen LogP contribution in [-0.4, -0.2) is 19.0 Å². The van der Waals surface area contributed by atoms with Crippen LogP contribution in [0.1, 0.15) is 38.9 Å². The Morgan fingerprint density at radius 1 is 1.35 bits per heavy atom. The van der Waals surface area contributed by atoms with E-state index in [0.717, 1.165) is 17.7 Å². The number of rotatable bonds is 7. The van der Waals surface area contributed by atoms with Crippen molar-refractivity contribution < 1.29 is 14.3 Å². The lowest BCUT2D eigenvalue weighted by Crippen LogP contribution is -2.13. The molecule has 0 amide bonds. The Labute approximate surface area is 103 Å². The molecule has 0 aliphatic rings. The Hall–Kier alpha value is -1.35. The summed E-state index contributed by atoms with van der Waals surface area (Å²) >= 11 is 0. The third-order valence-electron chi connectivity index (χ3n) is 2.33. The molecule has 1 aromatic carbocycles. The lowest BCUT2D eigenvalue weighted by atomic mass is 10.1. The summed E-state index contributed by atoms with van der Waals surface area (Å²) < 4.78 is 11.0. The Kier molecular flexibility index (Phi) is 5.70. The maximum Gasteiger partial charge on any atom is 0.163 e. The van der Waals surface area contributed by atoms with Gasteiger partial charge in [-0.1, -0.05) is 19.1 Å². The van der Waals surface area contributed by atoms with Crippen molar-refractivity contribution in [3.63, 3.8) is 0 Å². The van der Waals surface area contributed by atoms with Crippen molar-refractivity contribution in [2.24, 2.45) is 0 Å². The first-order valence-corrected chi connectivity index (χ1v) is 6.03. The van der Waals surface area contributed by atoms with Crippen LogP contribution in [0, 0.1) is 0 Å². The molecule has 94 valence electrons. The molecule has 0 aromatic heterocycles. The molecule has 3 heteroatoms. The second-order valence-electron chi connectivity index (χ2n) is 3.87. The quantitative estimate of drug-likeness (QED) is 0.729. The van der Waals surface area contributed by atoms with E-state index in [2.05, 4.69) is 0 Å². The van der Waals surface area contributed by atoms with Crippen LogP contribution in [0.2, 0.25) is 0 Å². The number of carbonyl (C=O) groups excluding carboxylic acids is 1. The van der Waals surface area contributed by atoms with E-state index < -0.39 is 6.10 Å². The molecule has 1 aromatic rings. The Morgan fingerprint density at radius 2 is 2.12 bits per heavy atom. The van der Waals surface area contributed by atoms with E-state index in [1.54, 1.807) is 6.92 Å². The predicted molar refractivity (Wildman–Crippen MR) is 67.3 cm³/mol. The molecule has 17 heavy (non-hydrogen) atoms. The number of hydrogen-bond donors (Lipinski definition) is 0. The van der Waals surface area contributed by atoms with Crippen molar-refractivity contribution in [2.75, 3.05) is 13.2 Å². The number of carbonyl (C=O) groups is 1. The van der Waals surface area contributed by atoms with Crippen LogP contribution in [0.3, 0.4) is 0 Å². The van der Waals surface area contributed by atoms with Crippen LogP contribution in [0.25, 0.3) is 0 Å². The van der Waals surface area contributed by atoms with Gasteiger partial charge in [-0.15, -0.1) is 0 Å². The molecular formula is C14H20O3. The molecule has 0 saturated heterocycles. The van der Waals surface area contributed by atoms with Gasteiger partial charge in [0, 0.05) is 6.61 Å². The summed E-state index contributed by atoms with van der Waals surface area (Å²) in [4.78, 5) is 11.6. The third kappa shape index (κ3) is 4.19. The molecule has 0 fully saturated rings. The average molecular weight is 236 g/mol. The van der Waals surface area contributed by atoms with E-state index >= 15 is 0 Å². The van der Waals surface area contributed by atoms with Gasteiger partial charge >= 0.3 is 0 Å². The van der Waals surface area contributed by atoms with Crippen LogP contribution >= 0.6 is 0 Å². The van der Waals surface area contributed by atoms with E-state index in [0.29, 0.717) is 13.2 Å². The van der Waals surface area contributed by atoms with Gasteiger partial charge < -0.3 is 9.47 Å². The van der Waals surface area contributed by atoms with Crippen LogP contribution in [0.5, 0.6) is 5.75 Å². The van der Waals surface area contributed by atoms with Gasteiger partial charge in [-0.05, 0) is 38.0 Å². The van der Waals surface area contributed by atoms with E-state index in [4.69, 9.17) is 9.47 Å². The molecular weight excluding hydrogens is 216 g/mol. The molecule has 1 rings (SSSR count). The van der Waals surface area contributed by atoms with Crippen LogP contribution in [-0.2, 0) is 9.53 Å². The third-order valence-corrected chi connectivity index (χ3v) is 2.33. The first kappa shape index (κ1) is 13.7. The van der Waals surface area contributed by atoms with Gasteiger partial charge in [0.05, 0.1) is 6.61 Å². The molecule has 0 spiro atoms. The Bertz CT molecular complexity index is 360. The van der Waals surface area contributed by atoms with Crippen LogP contribution in [0.4, 0.5) is 0 Å². The second kappa shape index (κ2) is 7.07. The second-order valence-corrected chi connectivity index (χ2v) is 3.87. The lowest BCUT2D eigenvalue weighted by Gasteiger charge is -2.16. The van der Waals surface area contributed by atoms with Crippen LogP contribution in [0.15, 0.2) is 24.3 Å². The first-order valence-electron chi connectivity index (χ1n) is 6.03. The summed E-state index contributed by atoms with van der Waals surface area (Å²) in [6.45, 7) is 6.71. The topological polar surface area (TPSA) is 35.5 Å². The largest absolute Gasteiger partial charge is 0.494 e. The lowest BCUT2D eigenvalue weighted by molar-refractivity contribution is -0.128. The van der Waals surface area contributed by atoms with Gasteiger partial charge in [-0.3, -0.25) is 4.79 Å². The summed E-state index contributed by atoms with van der Waals surface area (Å²) in [5.41, 5.74) is 0.858. The predicted octanol–water partition coefficient (Wildman–Crippen LogP) is 3.14. The summed E-state index contributed by atoms with van der Waals surface area (Å²) in [5, 5.41) is 0. The monoisotopic (exact) mass is 236 g/mol. The molecule has 0 aliphatic heterocycles. The minimum absolute atomic E-state index is 0.0205. The summed E-state index contributed by atoms with van der Waals surface area (Å²) in [6, 6.07) is 7.52. The Balaban J connectivity index is 2.85. The standard InChI is InChI=1S/C14H20O3/c1-4-9-17-14(11(3)15)12-7-6-8-13(10-12)16-5-2/h6-8,10,14H,4-5,9H2,1-3H3. The van der Waals surface area contributed by atoms with Gasteiger partial charge in [0.25, 0.3) is 0 Å². The normalized spacial score (nSPS) is 12.2. The van der Waals surface area contributed by atoms with Crippen molar-refractivity contribution in [1.29, 1.82) is 0 Å². The van der Waals surface area contributed by atoms with Crippen molar-refractivity contribution in [3.05, 3.63) is 29.8 Å². The zero-order chi connectivity index (χ0) is 12.7. The highest BCUT2D eigenvalue weighted by atomic mass is 16.5. The summed E-state index contributed by atoms with van der Waals surface area (Å²) in [5.74, 6) is 0.795. The molecule has 3 nitrogen and oxygen atoms in total. The fourth-order valence-electron chi connectivity index (χ4n) is 1.62. The van der Waals surface area contributed by atoms with E-state index in [9.17, 15) is 4.79 Å². The highest BCUT2D eigenvalue weighted by Gasteiger charge is 2.17. The fraction of sp³-hybridized carbons (Fsp3) is 0.500. The van der Waals surface area contributed by atoms with Gasteiger partial charge in [-0.25, -0.2) is 0 Å². The number of ketones is 1. The maximum atomic E-state index is 11.6. The van der Waals surface area contributed by atoms with E-state index in [-0.39, 0.29) is 5.78 Å². The van der Waals surface area contributed by atoms with Crippen LogP contribution < -0.4 is 4.74 Å². The minimum atomic E-state index is -0.477. The van der Waals surface area contributed by atoms with Gasteiger partial charge in [0.2, 0.25) is 0 Å². The van der Waals surface area contributed by atoms with Crippen molar-refractivity contribution >= 4 is 5.78 Å². The van der Waals surface area contributed by atoms with E-state index in [1.807, 2.05) is 38.1 Å². The summed E-state index contributed by atoms with van der Waals surface area (Å²) in [7, 11) is 0. The van der Waals surface area contributed by atoms with Gasteiger partial charge in [0.15, 0.2) is 5.78 Å². The molecule has 1 unspecified atom stereocenters. The zero-order valence-electron chi connectivity index (χ0n) is 10.7. The molecule has 0 aliphatic carbocycles. The number of ether oxygens (including phenoxy) is 2. The molecule has 0 saturated carbocycles. The zero-order valence-corrected chi connectivity index (χ0v) is 10.7. The molecule has 1 atom stereocenters. The molecule has 0 N–H and O–H groups in total. The minimum Gasteiger partial charge on any atom is -0.494 e. The first-order chi connectivity index (χ1) is 8.19. The summed E-state index contributed by atoms with van der Waals surface area (Å²) in [6.07, 6.45) is 0.421. The van der Waals surface area contributed by atoms with Gasteiger partial charge in [0.1, 0.15) is 11.9 Å². The van der Waals surface area contributed by atoms with Crippen molar-refractivity contribution in [3.8, 4) is 5.75 Å². The van der Waals surface area contributed by atoms with Crippen molar-refractivity contribution in [2.45, 2.75) is 33.3 Å². The number of benzene rings is 1. The Morgan fingerprint density at radius 3 is 2.71 bits per heavy atom. The average Bonchev–Trinajstić information content (AvgIpc) is 2.30. The smallest absolute Gasteiger partial charge is 0.163 e. The SMILES string of the molecule is CCCOC(C(C)=O)c1cccc(OCC)c1. The molecule has 0 bridgehead atoms. The molecule has 0 radical (unpaired) electrons.